The molecule has 0 aliphatic carbocycles. The summed E-state index contributed by atoms with van der Waals surface area (Å²) in [6.45, 7) is 8.48. The average Bonchev–Trinajstić information content (AvgIpc) is 2.27. The van der Waals surface area contributed by atoms with Gasteiger partial charge in [0.25, 0.3) is 10.9 Å². The van der Waals surface area contributed by atoms with Crippen molar-refractivity contribution in [2.45, 2.75) is 39.7 Å². The number of rotatable bonds is 6. The summed E-state index contributed by atoms with van der Waals surface area (Å²) in [5, 5.41) is 6.14. The Balaban J connectivity index is 1.84. The number of hydrogen-bond donors (Lipinski definition) is 2. The van der Waals surface area contributed by atoms with Crippen LogP contribution in [0.25, 0.3) is 0 Å². The van der Waals surface area contributed by atoms with E-state index in [0.717, 1.165) is 19.4 Å². The van der Waals surface area contributed by atoms with E-state index < -0.39 is 10.9 Å². The van der Waals surface area contributed by atoms with Gasteiger partial charge in [0.05, 0.1) is 19.3 Å². The molecule has 0 aromatic heterocycles. The van der Waals surface area contributed by atoms with E-state index >= 15 is 0 Å². The van der Waals surface area contributed by atoms with Gasteiger partial charge in [0.15, 0.2) is 0 Å². The summed E-state index contributed by atoms with van der Waals surface area (Å²) in [6.07, 6.45) is 2.06. The summed E-state index contributed by atoms with van der Waals surface area (Å²) >= 11 is 0. The molecular weight excluding hydrogens is 244 g/mol. The Morgan fingerprint density at radius 1 is 1.16 bits per heavy atom. The zero-order chi connectivity index (χ0) is 14.0. The predicted octanol–water partition coefficient (Wildman–Crippen LogP) is 1.33. The normalized spacial score (nSPS) is 16.4. The molecule has 5 heteroatoms. The summed E-state index contributed by atoms with van der Waals surface area (Å²) in [4.78, 5) is 23.0. The molecule has 2 N–H and O–H groups in total. The van der Waals surface area contributed by atoms with Gasteiger partial charge in [-0.05, 0) is 18.3 Å². The molecule has 1 aliphatic rings. The van der Waals surface area contributed by atoms with E-state index in [9.17, 15) is 9.59 Å². The monoisotopic (exact) mass is 266 g/mol. The molecule has 0 atom stereocenters. The second-order valence-corrected chi connectivity index (χ2v) is 6.38. The third-order valence-electron chi connectivity index (χ3n) is 3.30. The molecule has 0 saturated carbocycles. The Morgan fingerprint density at radius 2 is 1.79 bits per heavy atom. The van der Waals surface area contributed by atoms with Gasteiger partial charge in [0.2, 0.25) is 0 Å². The van der Waals surface area contributed by atoms with Crippen LogP contribution in [-0.4, -0.2) is 25.8 Å². The van der Waals surface area contributed by atoms with E-state index in [2.05, 4.69) is 31.4 Å². The average molecular weight is 266 g/mol. The first-order valence-corrected chi connectivity index (χ1v) is 6.80. The van der Waals surface area contributed by atoms with Crippen LogP contribution < -0.4 is 21.5 Å². The van der Waals surface area contributed by atoms with Crippen LogP contribution in [0.5, 0.6) is 0 Å². The Hall–Kier alpha value is -1.36. The maximum absolute atomic E-state index is 11.5. The van der Waals surface area contributed by atoms with Crippen molar-refractivity contribution < 1.29 is 4.74 Å². The SMILES string of the molecule is CC(C)(C)CCCNc1c(NC2COC2)c(=O)c1=O. The van der Waals surface area contributed by atoms with Crippen molar-refractivity contribution in [3.05, 3.63) is 20.4 Å². The van der Waals surface area contributed by atoms with Crippen molar-refractivity contribution in [3.63, 3.8) is 0 Å². The molecule has 0 unspecified atom stereocenters. The minimum absolute atomic E-state index is 0.165. The quantitative estimate of drug-likeness (QED) is 0.600. The first kappa shape index (κ1) is 14.1. The molecule has 2 rings (SSSR count). The van der Waals surface area contributed by atoms with Crippen molar-refractivity contribution in [2.24, 2.45) is 5.41 Å². The summed E-state index contributed by atoms with van der Waals surface area (Å²) in [6, 6.07) is 0.165. The van der Waals surface area contributed by atoms with Gasteiger partial charge in [0, 0.05) is 6.54 Å². The van der Waals surface area contributed by atoms with Gasteiger partial charge in [-0.1, -0.05) is 20.8 Å². The largest absolute Gasteiger partial charge is 0.380 e. The fraction of sp³-hybridized carbons (Fsp3) is 0.714. The Morgan fingerprint density at radius 3 is 2.32 bits per heavy atom. The van der Waals surface area contributed by atoms with E-state index in [1.165, 1.54) is 0 Å². The molecule has 0 bridgehead atoms. The van der Waals surface area contributed by atoms with Gasteiger partial charge in [-0.3, -0.25) is 9.59 Å². The molecule has 1 heterocycles. The van der Waals surface area contributed by atoms with E-state index in [4.69, 9.17) is 4.74 Å². The molecule has 19 heavy (non-hydrogen) atoms. The van der Waals surface area contributed by atoms with Crippen LogP contribution >= 0.6 is 0 Å². The van der Waals surface area contributed by atoms with E-state index in [1.807, 2.05) is 0 Å². The Bertz CT molecular complexity index is 505. The number of hydrogen-bond acceptors (Lipinski definition) is 5. The van der Waals surface area contributed by atoms with Crippen LogP contribution in [0.15, 0.2) is 9.59 Å². The predicted molar refractivity (Wildman–Crippen MR) is 76.8 cm³/mol. The van der Waals surface area contributed by atoms with Crippen LogP contribution in [0.2, 0.25) is 0 Å². The maximum atomic E-state index is 11.5. The fourth-order valence-electron chi connectivity index (χ4n) is 2.05. The highest BCUT2D eigenvalue weighted by atomic mass is 16.5. The summed E-state index contributed by atoms with van der Waals surface area (Å²) in [7, 11) is 0. The van der Waals surface area contributed by atoms with Crippen molar-refractivity contribution in [1.29, 1.82) is 0 Å². The number of nitrogens with one attached hydrogen (secondary N) is 2. The highest BCUT2D eigenvalue weighted by molar-refractivity contribution is 5.74. The lowest BCUT2D eigenvalue weighted by molar-refractivity contribution is 0.0210. The molecule has 0 radical (unpaired) electrons. The lowest BCUT2D eigenvalue weighted by Crippen LogP contribution is -2.46. The topological polar surface area (TPSA) is 67.4 Å². The highest BCUT2D eigenvalue weighted by Gasteiger charge is 2.26. The Kier molecular flexibility index (Phi) is 3.94. The molecule has 5 nitrogen and oxygen atoms in total. The summed E-state index contributed by atoms with van der Waals surface area (Å²) in [5.41, 5.74) is 0.364. The van der Waals surface area contributed by atoms with Crippen LogP contribution in [0.3, 0.4) is 0 Å². The first-order valence-electron chi connectivity index (χ1n) is 6.80. The van der Waals surface area contributed by atoms with Gasteiger partial charge in [-0.2, -0.15) is 0 Å². The van der Waals surface area contributed by atoms with Gasteiger partial charge in [-0.15, -0.1) is 0 Å². The molecule has 0 amide bonds. The van der Waals surface area contributed by atoms with Crippen molar-refractivity contribution in [3.8, 4) is 0 Å². The smallest absolute Gasteiger partial charge is 0.253 e. The van der Waals surface area contributed by atoms with E-state index in [-0.39, 0.29) is 6.04 Å². The highest BCUT2D eigenvalue weighted by Crippen LogP contribution is 2.21. The lowest BCUT2D eigenvalue weighted by atomic mass is 9.90. The molecule has 1 aliphatic heterocycles. The molecule has 106 valence electrons. The van der Waals surface area contributed by atoms with Gasteiger partial charge in [0.1, 0.15) is 11.4 Å². The standard InChI is InChI=1S/C14H22N2O3/c1-14(2,3)5-4-6-15-10-11(13(18)12(10)17)16-9-7-19-8-9/h9,15-16H,4-8H2,1-3H3. The van der Waals surface area contributed by atoms with Gasteiger partial charge in [-0.25, -0.2) is 0 Å². The van der Waals surface area contributed by atoms with Crippen molar-refractivity contribution in [1.82, 2.24) is 0 Å². The lowest BCUT2D eigenvalue weighted by Gasteiger charge is -2.29. The molecule has 1 fully saturated rings. The maximum Gasteiger partial charge on any atom is 0.253 e. The zero-order valence-electron chi connectivity index (χ0n) is 11.8. The second-order valence-electron chi connectivity index (χ2n) is 6.38. The molecule has 1 saturated heterocycles. The third kappa shape index (κ3) is 3.35. The first-order chi connectivity index (χ1) is 8.88. The van der Waals surface area contributed by atoms with Crippen LogP contribution in [0.1, 0.15) is 33.6 Å². The third-order valence-corrected chi connectivity index (χ3v) is 3.30. The van der Waals surface area contributed by atoms with Crippen LogP contribution in [-0.2, 0) is 4.74 Å². The minimum Gasteiger partial charge on any atom is -0.380 e. The second kappa shape index (κ2) is 5.33. The van der Waals surface area contributed by atoms with E-state index in [0.29, 0.717) is 30.0 Å². The molecule has 1 aromatic carbocycles. The summed E-state index contributed by atoms with van der Waals surface area (Å²) < 4.78 is 5.04. The van der Waals surface area contributed by atoms with Gasteiger partial charge >= 0.3 is 0 Å². The van der Waals surface area contributed by atoms with Crippen LogP contribution in [0, 0.1) is 5.41 Å². The number of anilines is 2. The van der Waals surface area contributed by atoms with Crippen molar-refractivity contribution in [2.75, 3.05) is 30.4 Å². The minimum atomic E-state index is -0.412. The van der Waals surface area contributed by atoms with Gasteiger partial charge < -0.3 is 15.4 Å². The van der Waals surface area contributed by atoms with Crippen molar-refractivity contribution >= 4 is 11.4 Å². The fourth-order valence-corrected chi connectivity index (χ4v) is 2.05. The molecule has 0 spiro atoms. The number of ether oxygens (including phenoxy) is 1. The molecular formula is C14H22N2O3. The molecule has 1 aromatic rings. The van der Waals surface area contributed by atoms with E-state index in [1.54, 1.807) is 0 Å². The van der Waals surface area contributed by atoms with Crippen LogP contribution in [0.4, 0.5) is 11.4 Å². The zero-order valence-corrected chi connectivity index (χ0v) is 11.8. The Labute approximate surface area is 113 Å². The summed E-state index contributed by atoms with van der Waals surface area (Å²) in [5.74, 6) is 0.